The van der Waals surface area contributed by atoms with Crippen LogP contribution in [0.5, 0.6) is 0 Å². The first-order chi connectivity index (χ1) is 12.7. The first-order valence-corrected chi connectivity index (χ1v) is 9.10. The average Bonchev–Trinajstić information content (AvgIpc) is 3.34. The number of rotatable bonds is 5. The zero-order chi connectivity index (χ0) is 18.3. The van der Waals surface area contributed by atoms with E-state index in [1.807, 2.05) is 4.57 Å². The topological polar surface area (TPSA) is 81.5 Å². The van der Waals surface area contributed by atoms with Crippen molar-refractivity contribution in [3.05, 3.63) is 33.7 Å². The van der Waals surface area contributed by atoms with E-state index < -0.39 is 11.4 Å². The summed E-state index contributed by atoms with van der Waals surface area (Å²) in [5.41, 5.74) is 0.582. The molecule has 0 bridgehead atoms. The fourth-order valence-corrected chi connectivity index (χ4v) is 3.64. The van der Waals surface area contributed by atoms with Crippen molar-refractivity contribution >= 4 is 29.0 Å². The van der Waals surface area contributed by atoms with Crippen molar-refractivity contribution in [2.75, 3.05) is 24.6 Å². The van der Waals surface area contributed by atoms with Crippen LogP contribution < -0.4 is 10.3 Å². The average molecular weight is 355 g/mol. The van der Waals surface area contributed by atoms with Crippen LogP contribution in [0.1, 0.15) is 59.4 Å². The minimum Gasteiger partial charge on any atom is -0.462 e. The Kier molecular flexibility index (Phi) is 4.22. The Morgan fingerprint density at radius 3 is 2.69 bits per heavy atom. The van der Waals surface area contributed by atoms with Gasteiger partial charge in [0.05, 0.1) is 23.1 Å². The van der Waals surface area contributed by atoms with Gasteiger partial charge in [-0.25, -0.2) is 9.78 Å². The van der Waals surface area contributed by atoms with Gasteiger partial charge in [-0.15, -0.1) is 0 Å². The number of anilines is 1. The van der Waals surface area contributed by atoms with Crippen molar-refractivity contribution in [3.8, 4) is 0 Å². The third-order valence-electron chi connectivity index (χ3n) is 5.04. The molecule has 2 aliphatic rings. The third-order valence-corrected chi connectivity index (χ3v) is 5.04. The van der Waals surface area contributed by atoms with Gasteiger partial charge in [0.1, 0.15) is 11.4 Å². The maximum absolute atomic E-state index is 12.9. The molecule has 0 amide bonds. The molecule has 0 aromatic carbocycles. The van der Waals surface area contributed by atoms with Crippen LogP contribution >= 0.6 is 0 Å². The number of carbonyl (C=O) groups is 2. The predicted octanol–water partition coefficient (Wildman–Crippen LogP) is 2.32. The zero-order valence-corrected chi connectivity index (χ0v) is 14.7. The lowest BCUT2D eigenvalue weighted by molar-refractivity contribution is 0.0524. The Morgan fingerprint density at radius 2 is 2.08 bits per heavy atom. The molecule has 136 valence electrons. The minimum absolute atomic E-state index is 0.00109. The first-order valence-electron chi connectivity index (χ1n) is 9.10. The van der Waals surface area contributed by atoms with Gasteiger partial charge >= 0.3 is 5.97 Å². The second-order valence-corrected chi connectivity index (χ2v) is 6.80. The molecule has 0 unspecified atom stereocenters. The summed E-state index contributed by atoms with van der Waals surface area (Å²) in [6, 6.07) is 0.193. The van der Waals surface area contributed by atoms with Crippen molar-refractivity contribution < 1.29 is 14.3 Å². The van der Waals surface area contributed by atoms with Crippen molar-refractivity contribution in [1.29, 1.82) is 0 Å². The van der Waals surface area contributed by atoms with Crippen molar-refractivity contribution in [2.45, 2.75) is 38.6 Å². The normalized spacial score (nSPS) is 16.9. The number of esters is 1. The number of aromatic nitrogens is 2. The summed E-state index contributed by atoms with van der Waals surface area (Å²) in [5.74, 6) is -0.00671. The molecule has 1 aliphatic carbocycles. The van der Waals surface area contributed by atoms with Gasteiger partial charge in [0, 0.05) is 31.5 Å². The molecule has 2 aromatic rings. The van der Waals surface area contributed by atoms with Gasteiger partial charge in [-0.1, -0.05) is 0 Å². The van der Waals surface area contributed by atoms with Crippen LogP contribution in [0.15, 0.2) is 17.2 Å². The van der Waals surface area contributed by atoms with E-state index in [-0.39, 0.29) is 18.2 Å². The number of fused-ring (bicyclic) bond motifs is 1. The lowest BCUT2D eigenvalue weighted by atomic mass is 10.1. The summed E-state index contributed by atoms with van der Waals surface area (Å²) < 4.78 is 6.92. The molecule has 0 N–H and O–H groups in total. The van der Waals surface area contributed by atoms with E-state index in [9.17, 15) is 14.4 Å². The number of hydrogen-bond donors (Lipinski definition) is 0. The molecule has 2 fully saturated rings. The molecule has 7 heteroatoms. The van der Waals surface area contributed by atoms with Crippen LogP contribution in [-0.2, 0) is 4.74 Å². The SMILES string of the molecule is CCOC(=O)c1cn(C2CC2)c2c(C=O)c(N3CCCC3)ncc2c1=O. The molecule has 7 nitrogen and oxygen atoms in total. The summed E-state index contributed by atoms with van der Waals surface area (Å²) in [5, 5.41) is 0.299. The first kappa shape index (κ1) is 16.8. The van der Waals surface area contributed by atoms with Gasteiger partial charge in [0.25, 0.3) is 0 Å². The highest BCUT2D eigenvalue weighted by atomic mass is 16.5. The molecule has 0 atom stereocenters. The van der Waals surface area contributed by atoms with E-state index in [1.165, 1.54) is 6.20 Å². The lowest BCUT2D eigenvalue weighted by Crippen LogP contribution is -2.24. The lowest BCUT2D eigenvalue weighted by Gasteiger charge is -2.21. The summed E-state index contributed by atoms with van der Waals surface area (Å²) >= 11 is 0. The molecule has 1 saturated heterocycles. The number of carbonyl (C=O) groups excluding carboxylic acids is 2. The highest BCUT2D eigenvalue weighted by Gasteiger charge is 2.30. The second-order valence-electron chi connectivity index (χ2n) is 6.80. The van der Waals surface area contributed by atoms with E-state index in [0.717, 1.165) is 45.1 Å². The van der Waals surface area contributed by atoms with Crippen LogP contribution in [-0.4, -0.2) is 41.5 Å². The quantitative estimate of drug-likeness (QED) is 0.605. The van der Waals surface area contributed by atoms with Gasteiger partial charge < -0.3 is 14.2 Å². The monoisotopic (exact) mass is 355 g/mol. The van der Waals surface area contributed by atoms with E-state index in [0.29, 0.717) is 22.3 Å². The molecular weight excluding hydrogens is 334 g/mol. The molecule has 0 spiro atoms. The van der Waals surface area contributed by atoms with Crippen LogP contribution in [0.2, 0.25) is 0 Å². The van der Waals surface area contributed by atoms with E-state index in [2.05, 4.69) is 9.88 Å². The van der Waals surface area contributed by atoms with Gasteiger partial charge in [0.15, 0.2) is 6.29 Å². The molecule has 0 radical (unpaired) electrons. The number of aldehydes is 1. The summed E-state index contributed by atoms with van der Waals surface area (Å²) in [4.78, 5) is 43.5. The van der Waals surface area contributed by atoms with Gasteiger partial charge in [-0.05, 0) is 32.6 Å². The van der Waals surface area contributed by atoms with Crippen LogP contribution in [0, 0.1) is 0 Å². The number of hydrogen-bond acceptors (Lipinski definition) is 6. The second kappa shape index (κ2) is 6.55. The van der Waals surface area contributed by atoms with Gasteiger partial charge in [0.2, 0.25) is 5.43 Å². The summed E-state index contributed by atoms with van der Waals surface area (Å²) in [6.45, 7) is 3.61. The van der Waals surface area contributed by atoms with Crippen LogP contribution in [0.3, 0.4) is 0 Å². The highest BCUT2D eigenvalue weighted by molar-refractivity contribution is 6.02. The minimum atomic E-state index is -0.634. The summed E-state index contributed by atoms with van der Waals surface area (Å²) in [7, 11) is 0. The maximum Gasteiger partial charge on any atom is 0.343 e. The Labute approximate surface area is 150 Å². The smallest absolute Gasteiger partial charge is 0.343 e. The Morgan fingerprint density at radius 1 is 1.35 bits per heavy atom. The molecule has 26 heavy (non-hydrogen) atoms. The van der Waals surface area contributed by atoms with Gasteiger partial charge in [-0.2, -0.15) is 0 Å². The van der Waals surface area contributed by atoms with Crippen LogP contribution in [0.25, 0.3) is 10.9 Å². The molecular formula is C19H21N3O4. The van der Waals surface area contributed by atoms with Crippen LogP contribution in [0.4, 0.5) is 5.82 Å². The largest absolute Gasteiger partial charge is 0.462 e. The standard InChI is InChI=1S/C19H21N3O4/c1-2-26-19(25)14-10-22(12-5-6-12)16-13(17(14)24)9-20-18(15(16)11-23)21-7-3-4-8-21/h9-12H,2-8H2,1H3. The van der Waals surface area contributed by atoms with E-state index in [1.54, 1.807) is 13.1 Å². The van der Waals surface area contributed by atoms with Crippen molar-refractivity contribution in [1.82, 2.24) is 9.55 Å². The Balaban J connectivity index is 1.99. The van der Waals surface area contributed by atoms with Crippen molar-refractivity contribution in [3.63, 3.8) is 0 Å². The fraction of sp³-hybridized carbons (Fsp3) is 0.474. The van der Waals surface area contributed by atoms with Gasteiger partial charge in [-0.3, -0.25) is 9.59 Å². The highest BCUT2D eigenvalue weighted by Crippen LogP contribution is 2.38. The fourth-order valence-electron chi connectivity index (χ4n) is 3.64. The molecule has 2 aromatic heterocycles. The molecule has 3 heterocycles. The predicted molar refractivity (Wildman–Crippen MR) is 97.1 cm³/mol. The third kappa shape index (κ3) is 2.67. The van der Waals surface area contributed by atoms with E-state index in [4.69, 9.17) is 4.74 Å². The molecule has 4 rings (SSSR count). The zero-order valence-electron chi connectivity index (χ0n) is 14.7. The molecule has 1 aliphatic heterocycles. The van der Waals surface area contributed by atoms with E-state index >= 15 is 0 Å². The molecule has 1 saturated carbocycles. The number of nitrogens with zero attached hydrogens (tertiary/aromatic N) is 3. The summed E-state index contributed by atoms with van der Waals surface area (Å²) in [6.07, 6.45) is 7.89. The Bertz CT molecular complexity index is 940. The maximum atomic E-state index is 12.9. The number of ether oxygens (including phenoxy) is 1. The number of pyridine rings is 2. The van der Waals surface area contributed by atoms with Crippen molar-refractivity contribution in [2.24, 2.45) is 0 Å². The Hall–Kier alpha value is -2.70.